The molecule has 2 aromatic carbocycles. The molecule has 1 heterocycles. The lowest BCUT2D eigenvalue weighted by molar-refractivity contribution is -0.122. The number of rotatable bonds is 5. The zero-order valence-corrected chi connectivity index (χ0v) is 14.6. The van der Waals surface area contributed by atoms with Gasteiger partial charge in [0.15, 0.2) is 0 Å². The summed E-state index contributed by atoms with van der Waals surface area (Å²) in [5, 5.41) is 3.09. The van der Waals surface area contributed by atoms with Crippen LogP contribution in [-0.2, 0) is 21.4 Å². The standard InChI is InChI=1S/C18H21N3O3S/c22-18(20-25(23,24)16-9-5-2-6-10-16)17-14-21(12-11-19-17)13-15-7-3-1-4-8-15/h1-10,17,19H,11-14H2,(H,20,22)/t17-/m1/s1. The van der Waals surface area contributed by atoms with Crippen molar-refractivity contribution in [3.05, 3.63) is 66.2 Å². The van der Waals surface area contributed by atoms with Gasteiger partial charge in [-0.05, 0) is 17.7 Å². The van der Waals surface area contributed by atoms with E-state index in [1.54, 1.807) is 18.2 Å². The van der Waals surface area contributed by atoms with E-state index in [0.29, 0.717) is 13.1 Å². The van der Waals surface area contributed by atoms with Crippen molar-refractivity contribution in [1.82, 2.24) is 14.9 Å². The number of amides is 1. The Labute approximate surface area is 147 Å². The van der Waals surface area contributed by atoms with E-state index in [1.807, 2.05) is 30.3 Å². The second-order valence-electron chi connectivity index (χ2n) is 6.01. The van der Waals surface area contributed by atoms with E-state index in [0.717, 1.165) is 13.1 Å². The molecular weight excluding hydrogens is 338 g/mol. The third kappa shape index (κ3) is 4.66. The zero-order valence-electron chi connectivity index (χ0n) is 13.8. The fourth-order valence-electron chi connectivity index (χ4n) is 2.83. The lowest BCUT2D eigenvalue weighted by atomic mass is 10.1. The van der Waals surface area contributed by atoms with Gasteiger partial charge in [-0.15, -0.1) is 0 Å². The van der Waals surface area contributed by atoms with Crippen molar-refractivity contribution in [2.45, 2.75) is 17.5 Å². The van der Waals surface area contributed by atoms with Crippen LogP contribution in [0.2, 0.25) is 0 Å². The zero-order chi connectivity index (χ0) is 17.7. The van der Waals surface area contributed by atoms with Crippen molar-refractivity contribution in [3.8, 4) is 0 Å². The molecule has 1 aliphatic heterocycles. The van der Waals surface area contributed by atoms with Crippen molar-refractivity contribution in [2.24, 2.45) is 0 Å². The van der Waals surface area contributed by atoms with Crippen molar-refractivity contribution in [3.63, 3.8) is 0 Å². The second-order valence-corrected chi connectivity index (χ2v) is 7.69. The van der Waals surface area contributed by atoms with Crippen molar-refractivity contribution in [2.75, 3.05) is 19.6 Å². The Kier molecular flexibility index (Phi) is 5.47. The summed E-state index contributed by atoms with van der Waals surface area (Å²) in [4.78, 5) is 14.6. The molecule has 2 aromatic rings. The minimum atomic E-state index is -3.84. The number of nitrogens with zero attached hydrogens (tertiary/aromatic N) is 1. The average molecular weight is 359 g/mol. The number of hydrogen-bond donors (Lipinski definition) is 2. The summed E-state index contributed by atoms with van der Waals surface area (Å²) >= 11 is 0. The van der Waals surface area contributed by atoms with Crippen LogP contribution in [0.15, 0.2) is 65.6 Å². The van der Waals surface area contributed by atoms with E-state index in [2.05, 4.69) is 14.9 Å². The maximum atomic E-state index is 12.4. The highest BCUT2D eigenvalue weighted by molar-refractivity contribution is 7.90. The molecular formula is C18H21N3O3S. The molecule has 0 saturated carbocycles. The van der Waals surface area contributed by atoms with E-state index in [9.17, 15) is 13.2 Å². The first-order chi connectivity index (χ1) is 12.0. The van der Waals surface area contributed by atoms with Crippen molar-refractivity contribution in [1.29, 1.82) is 0 Å². The van der Waals surface area contributed by atoms with Gasteiger partial charge in [0.25, 0.3) is 15.9 Å². The molecule has 0 aromatic heterocycles. The number of sulfonamides is 1. The lowest BCUT2D eigenvalue weighted by Crippen LogP contribution is -2.57. The molecule has 0 unspecified atom stereocenters. The van der Waals surface area contributed by atoms with Crippen LogP contribution in [0, 0.1) is 0 Å². The maximum Gasteiger partial charge on any atom is 0.264 e. The van der Waals surface area contributed by atoms with Crippen LogP contribution in [0.1, 0.15) is 5.56 Å². The van der Waals surface area contributed by atoms with Gasteiger partial charge in [-0.2, -0.15) is 0 Å². The topological polar surface area (TPSA) is 78.5 Å². The summed E-state index contributed by atoms with van der Waals surface area (Å²) in [7, 11) is -3.84. The number of carbonyl (C=O) groups excluding carboxylic acids is 1. The number of hydrogen-bond acceptors (Lipinski definition) is 5. The largest absolute Gasteiger partial charge is 0.303 e. The summed E-state index contributed by atoms with van der Waals surface area (Å²) in [6.45, 7) is 2.64. The normalized spacial score (nSPS) is 18.6. The average Bonchev–Trinajstić information content (AvgIpc) is 2.63. The van der Waals surface area contributed by atoms with Gasteiger partial charge in [-0.3, -0.25) is 9.69 Å². The number of carbonyl (C=O) groups is 1. The Morgan fingerprint density at radius 3 is 2.40 bits per heavy atom. The molecule has 1 aliphatic rings. The molecule has 7 heteroatoms. The minimum absolute atomic E-state index is 0.0836. The highest BCUT2D eigenvalue weighted by Crippen LogP contribution is 2.10. The van der Waals surface area contributed by atoms with Gasteiger partial charge in [0.2, 0.25) is 0 Å². The quantitative estimate of drug-likeness (QED) is 0.832. The molecule has 2 N–H and O–H groups in total. The fraction of sp³-hybridized carbons (Fsp3) is 0.278. The summed E-state index contributed by atoms with van der Waals surface area (Å²) < 4.78 is 26.7. The highest BCUT2D eigenvalue weighted by atomic mass is 32.2. The van der Waals surface area contributed by atoms with Crippen LogP contribution >= 0.6 is 0 Å². The first-order valence-corrected chi connectivity index (χ1v) is 9.64. The van der Waals surface area contributed by atoms with Gasteiger partial charge < -0.3 is 5.32 Å². The summed E-state index contributed by atoms with van der Waals surface area (Å²) in [6, 6.07) is 17.3. The lowest BCUT2D eigenvalue weighted by Gasteiger charge is -2.32. The monoisotopic (exact) mass is 359 g/mol. The summed E-state index contributed by atoms with van der Waals surface area (Å²) in [5.74, 6) is -0.526. The molecule has 0 spiro atoms. The Morgan fingerprint density at radius 2 is 1.72 bits per heavy atom. The second kappa shape index (κ2) is 7.77. The van der Waals surface area contributed by atoms with Crippen LogP contribution in [0.3, 0.4) is 0 Å². The Balaban J connectivity index is 1.62. The number of piperazine rings is 1. The van der Waals surface area contributed by atoms with Crippen LogP contribution in [-0.4, -0.2) is 44.9 Å². The molecule has 0 radical (unpaired) electrons. The predicted octanol–water partition coefficient (Wildman–Crippen LogP) is 0.965. The first kappa shape index (κ1) is 17.6. The SMILES string of the molecule is O=C(NS(=O)(=O)c1ccccc1)[C@H]1CN(Cc2ccccc2)CCN1. The van der Waals surface area contributed by atoms with Gasteiger partial charge in [0, 0.05) is 26.2 Å². The van der Waals surface area contributed by atoms with Gasteiger partial charge >= 0.3 is 0 Å². The van der Waals surface area contributed by atoms with Gasteiger partial charge in [0.05, 0.1) is 4.90 Å². The van der Waals surface area contributed by atoms with Crippen LogP contribution in [0.5, 0.6) is 0 Å². The predicted molar refractivity (Wildman–Crippen MR) is 95.3 cm³/mol. The highest BCUT2D eigenvalue weighted by Gasteiger charge is 2.28. The van der Waals surface area contributed by atoms with E-state index < -0.39 is 22.0 Å². The molecule has 6 nitrogen and oxygen atoms in total. The minimum Gasteiger partial charge on any atom is -0.303 e. The Bertz CT molecular complexity index is 810. The molecule has 0 bridgehead atoms. The van der Waals surface area contributed by atoms with Gasteiger partial charge in [-0.1, -0.05) is 48.5 Å². The third-order valence-corrected chi connectivity index (χ3v) is 5.48. The molecule has 1 fully saturated rings. The molecule has 1 amide bonds. The fourth-order valence-corrected chi connectivity index (χ4v) is 3.87. The molecule has 1 saturated heterocycles. The van der Waals surface area contributed by atoms with Crippen molar-refractivity contribution < 1.29 is 13.2 Å². The summed E-state index contributed by atoms with van der Waals surface area (Å²) in [5.41, 5.74) is 1.17. The Morgan fingerprint density at radius 1 is 1.08 bits per heavy atom. The first-order valence-electron chi connectivity index (χ1n) is 8.16. The third-order valence-electron chi connectivity index (χ3n) is 4.11. The smallest absolute Gasteiger partial charge is 0.264 e. The van der Waals surface area contributed by atoms with E-state index in [1.165, 1.54) is 17.7 Å². The molecule has 0 aliphatic carbocycles. The van der Waals surface area contributed by atoms with Crippen LogP contribution in [0.4, 0.5) is 0 Å². The van der Waals surface area contributed by atoms with E-state index >= 15 is 0 Å². The van der Waals surface area contributed by atoms with Crippen molar-refractivity contribution >= 4 is 15.9 Å². The molecule has 3 rings (SSSR count). The molecule has 1 atom stereocenters. The van der Waals surface area contributed by atoms with Gasteiger partial charge in [0.1, 0.15) is 6.04 Å². The maximum absolute atomic E-state index is 12.4. The summed E-state index contributed by atoms with van der Waals surface area (Å²) in [6.07, 6.45) is 0. The molecule has 25 heavy (non-hydrogen) atoms. The molecule has 132 valence electrons. The Hall–Kier alpha value is -2.22. The van der Waals surface area contributed by atoms with Gasteiger partial charge in [-0.25, -0.2) is 13.1 Å². The number of nitrogens with one attached hydrogen (secondary N) is 2. The van der Waals surface area contributed by atoms with Crippen LogP contribution in [0.25, 0.3) is 0 Å². The van der Waals surface area contributed by atoms with Crippen LogP contribution < -0.4 is 10.0 Å². The number of benzene rings is 2. The van der Waals surface area contributed by atoms with E-state index in [4.69, 9.17) is 0 Å². The van der Waals surface area contributed by atoms with E-state index in [-0.39, 0.29) is 4.90 Å².